The average Bonchev–Trinajstić information content (AvgIpc) is 2.14. The zero-order valence-electron chi connectivity index (χ0n) is 4.81. The Balaban J connectivity index is 2.32. The molecular formula is C5H9NOS. The van der Waals surface area contributed by atoms with Crippen molar-refractivity contribution in [3.8, 4) is 0 Å². The monoisotopic (exact) mass is 131 g/mol. The molecule has 1 fully saturated rings. The molecule has 1 rings (SSSR count). The highest BCUT2D eigenvalue weighted by molar-refractivity contribution is 7.99. The van der Waals surface area contributed by atoms with Crippen LogP contribution in [-0.4, -0.2) is 17.5 Å². The molecule has 0 spiro atoms. The first-order valence-corrected chi connectivity index (χ1v) is 3.94. The second-order valence-corrected chi connectivity index (χ2v) is 2.87. The van der Waals surface area contributed by atoms with Crippen LogP contribution in [0.3, 0.4) is 0 Å². The summed E-state index contributed by atoms with van der Waals surface area (Å²) < 4.78 is 0. The van der Waals surface area contributed by atoms with E-state index < -0.39 is 0 Å². The third-order valence-electron chi connectivity index (χ3n) is 1.24. The van der Waals surface area contributed by atoms with E-state index in [9.17, 15) is 4.79 Å². The van der Waals surface area contributed by atoms with Crippen molar-refractivity contribution < 1.29 is 4.79 Å². The number of thioether (sulfide) groups is 1. The minimum Gasteiger partial charge on any atom is -0.344 e. The minimum atomic E-state index is 0.198. The first kappa shape index (κ1) is 5.95. The van der Waals surface area contributed by atoms with Gasteiger partial charge in [-0.3, -0.25) is 4.79 Å². The van der Waals surface area contributed by atoms with Crippen molar-refractivity contribution in [2.75, 3.05) is 6.26 Å². The molecule has 0 saturated carbocycles. The van der Waals surface area contributed by atoms with Crippen LogP contribution in [0.1, 0.15) is 12.8 Å². The first-order valence-electron chi connectivity index (χ1n) is 2.65. The van der Waals surface area contributed by atoms with Crippen LogP contribution in [-0.2, 0) is 4.79 Å². The van der Waals surface area contributed by atoms with Gasteiger partial charge in [-0.05, 0) is 12.7 Å². The Labute approximate surface area is 53.0 Å². The molecule has 2 nitrogen and oxygen atoms in total. The largest absolute Gasteiger partial charge is 0.344 e. The fourth-order valence-corrected chi connectivity index (χ4v) is 1.37. The molecule has 1 N–H and O–H groups in total. The van der Waals surface area contributed by atoms with Crippen molar-refractivity contribution in [2.24, 2.45) is 0 Å². The minimum absolute atomic E-state index is 0.198. The predicted octanol–water partition coefficient (Wildman–Crippen LogP) is 0.585. The van der Waals surface area contributed by atoms with Crippen LogP contribution in [0, 0.1) is 0 Å². The van der Waals surface area contributed by atoms with Gasteiger partial charge in [0.05, 0.1) is 5.37 Å². The third kappa shape index (κ3) is 1.15. The maximum absolute atomic E-state index is 10.5. The Morgan fingerprint density at radius 1 is 1.88 bits per heavy atom. The summed E-state index contributed by atoms with van der Waals surface area (Å²) in [6.07, 6.45) is 3.72. The lowest BCUT2D eigenvalue weighted by Crippen LogP contribution is -2.21. The Morgan fingerprint density at radius 2 is 2.62 bits per heavy atom. The van der Waals surface area contributed by atoms with Crippen LogP contribution in [0.4, 0.5) is 0 Å². The van der Waals surface area contributed by atoms with Crippen LogP contribution in [0.5, 0.6) is 0 Å². The Hall–Kier alpha value is -0.180. The van der Waals surface area contributed by atoms with Crippen molar-refractivity contribution in [2.45, 2.75) is 18.2 Å². The van der Waals surface area contributed by atoms with Gasteiger partial charge < -0.3 is 5.32 Å². The van der Waals surface area contributed by atoms with Crippen molar-refractivity contribution in [3.63, 3.8) is 0 Å². The van der Waals surface area contributed by atoms with Crippen molar-refractivity contribution >= 4 is 17.7 Å². The molecule has 0 aromatic heterocycles. The maximum atomic E-state index is 10.5. The van der Waals surface area contributed by atoms with Gasteiger partial charge in [0, 0.05) is 6.42 Å². The van der Waals surface area contributed by atoms with Crippen LogP contribution in [0.25, 0.3) is 0 Å². The molecule has 0 radical (unpaired) electrons. The van der Waals surface area contributed by atoms with Gasteiger partial charge in [0.2, 0.25) is 5.91 Å². The third-order valence-corrected chi connectivity index (χ3v) is 2.16. The summed E-state index contributed by atoms with van der Waals surface area (Å²) in [6, 6.07) is 0. The SMILES string of the molecule is CSC1CCC(=O)N1. The van der Waals surface area contributed by atoms with E-state index in [1.54, 1.807) is 11.8 Å². The van der Waals surface area contributed by atoms with E-state index in [0.717, 1.165) is 6.42 Å². The van der Waals surface area contributed by atoms with Gasteiger partial charge in [-0.2, -0.15) is 0 Å². The number of rotatable bonds is 1. The fourth-order valence-electron chi connectivity index (χ4n) is 0.763. The number of nitrogens with one attached hydrogen (secondary N) is 1. The molecule has 3 heteroatoms. The van der Waals surface area contributed by atoms with Gasteiger partial charge in [0.1, 0.15) is 0 Å². The smallest absolute Gasteiger partial charge is 0.220 e. The molecule has 0 aromatic rings. The summed E-state index contributed by atoms with van der Waals surface area (Å²) in [6.45, 7) is 0. The number of hydrogen-bond acceptors (Lipinski definition) is 2. The molecular weight excluding hydrogens is 122 g/mol. The van der Waals surface area contributed by atoms with Gasteiger partial charge in [-0.25, -0.2) is 0 Å². The standard InChI is InChI=1S/C5H9NOS/c1-8-5-3-2-4(7)6-5/h5H,2-3H2,1H3,(H,6,7). The normalized spacial score (nSPS) is 28.1. The molecule has 1 saturated heterocycles. The van der Waals surface area contributed by atoms with E-state index in [0.29, 0.717) is 11.8 Å². The highest BCUT2D eigenvalue weighted by Crippen LogP contribution is 2.15. The van der Waals surface area contributed by atoms with Crippen molar-refractivity contribution in [1.29, 1.82) is 0 Å². The molecule has 1 aliphatic heterocycles. The fraction of sp³-hybridized carbons (Fsp3) is 0.800. The zero-order chi connectivity index (χ0) is 5.98. The molecule has 8 heavy (non-hydrogen) atoms. The van der Waals surface area contributed by atoms with Gasteiger partial charge >= 0.3 is 0 Å². The molecule has 1 atom stereocenters. The summed E-state index contributed by atoms with van der Waals surface area (Å²) in [5, 5.41) is 3.22. The predicted molar refractivity (Wildman–Crippen MR) is 34.7 cm³/mol. The van der Waals surface area contributed by atoms with Crippen LogP contribution < -0.4 is 5.32 Å². The van der Waals surface area contributed by atoms with Gasteiger partial charge in [-0.15, -0.1) is 11.8 Å². The van der Waals surface area contributed by atoms with Gasteiger partial charge in [0.25, 0.3) is 0 Å². The lowest BCUT2D eigenvalue weighted by atomic mass is 10.4. The van der Waals surface area contributed by atoms with Crippen LogP contribution in [0.15, 0.2) is 0 Å². The summed E-state index contributed by atoms with van der Waals surface area (Å²) >= 11 is 1.70. The lowest BCUT2D eigenvalue weighted by molar-refractivity contribution is -0.119. The molecule has 1 amide bonds. The summed E-state index contributed by atoms with van der Waals surface area (Å²) in [7, 11) is 0. The quantitative estimate of drug-likeness (QED) is 0.564. The van der Waals surface area contributed by atoms with E-state index >= 15 is 0 Å². The zero-order valence-corrected chi connectivity index (χ0v) is 5.62. The van der Waals surface area contributed by atoms with E-state index in [-0.39, 0.29) is 5.91 Å². The molecule has 1 heterocycles. The van der Waals surface area contributed by atoms with Crippen molar-refractivity contribution in [3.05, 3.63) is 0 Å². The second kappa shape index (κ2) is 2.40. The van der Waals surface area contributed by atoms with E-state index in [4.69, 9.17) is 0 Å². The number of hydrogen-bond donors (Lipinski definition) is 1. The van der Waals surface area contributed by atoms with Crippen molar-refractivity contribution in [1.82, 2.24) is 5.32 Å². The van der Waals surface area contributed by atoms with E-state index in [1.165, 1.54) is 0 Å². The number of carbonyl (C=O) groups is 1. The van der Waals surface area contributed by atoms with Crippen LogP contribution >= 0.6 is 11.8 Å². The maximum Gasteiger partial charge on any atom is 0.220 e. The Morgan fingerprint density at radius 3 is 2.88 bits per heavy atom. The summed E-state index contributed by atoms with van der Waals surface area (Å²) in [4.78, 5) is 10.5. The summed E-state index contributed by atoms with van der Waals surface area (Å²) in [5.41, 5.74) is 0. The van der Waals surface area contributed by atoms with E-state index in [1.807, 2.05) is 6.26 Å². The Kier molecular flexibility index (Phi) is 1.78. The highest BCUT2D eigenvalue weighted by atomic mass is 32.2. The second-order valence-electron chi connectivity index (χ2n) is 1.83. The number of amides is 1. The Bertz CT molecular complexity index is 105. The molecule has 0 aliphatic carbocycles. The molecule has 1 unspecified atom stereocenters. The highest BCUT2D eigenvalue weighted by Gasteiger charge is 2.18. The lowest BCUT2D eigenvalue weighted by Gasteiger charge is -2.02. The van der Waals surface area contributed by atoms with Gasteiger partial charge in [0.15, 0.2) is 0 Å². The van der Waals surface area contributed by atoms with Crippen LogP contribution in [0.2, 0.25) is 0 Å². The topological polar surface area (TPSA) is 29.1 Å². The molecule has 1 aliphatic rings. The van der Waals surface area contributed by atoms with Gasteiger partial charge in [-0.1, -0.05) is 0 Å². The summed E-state index contributed by atoms with van der Waals surface area (Å²) in [5.74, 6) is 0.198. The first-order chi connectivity index (χ1) is 3.83. The molecule has 0 aromatic carbocycles. The average molecular weight is 131 g/mol. The number of carbonyl (C=O) groups excluding carboxylic acids is 1. The molecule has 0 bridgehead atoms. The molecule has 46 valence electrons. The van der Waals surface area contributed by atoms with E-state index in [2.05, 4.69) is 5.32 Å².